The Morgan fingerprint density at radius 3 is 1.92 bits per heavy atom. The van der Waals surface area contributed by atoms with E-state index in [-0.39, 0.29) is 0 Å². The third-order valence-electron chi connectivity index (χ3n) is 4.63. The molecule has 1 saturated heterocycles. The average molecular weight is 194 g/mol. The van der Waals surface area contributed by atoms with E-state index in [4.69, 9.17) is 0 Å². The molecule has 0 amide bonds. The number of hydrogen-bond acceptors (Lipinski definition) is 1. The maximum Gasteiger partial charge on any atom is -0.000189 e. The number of hydrogen-bond donors (Lipinski definition) is 0. The van der Waals surface area contributed by atoms with Crippen LogP contribution in [0.2, 0.25) is 0 Å². The molecule has 2 aliphatic carbocycles. The van der Waals surface area contributed by atoms with Gasteiger partial charge in [-0.2, -0.15) is 11.8 Å². The molecule has 0 aromatic heterocycles. The minimum Gasteiger partial charge on any atom is -0.161 e. The van der Waals surface area contributed by atoms with Crippen molar-refractivity contribution in [3.8, 4) is 0 Å². The minimum atomic E-state index is 0.741. The Bertz CT molecular complexity index is 222. The van der Waals surface area contributed by atoms with E-state index in [1.807, 2.05) is 0 Å². The van der Waals surface area contributed by atoms with Crippen LogP contribution in [0.3, 0.4) is 0 Å². The van der Waals surface area contributed by atoms with Gasteiger partial charge >= 0.3 is 0 Å². The molecule has 0 radical (unpaired) electrons. The van der Waals surface area contributed by atoms with E-state index in [9.17, 15) is 0 Å². The summed E-state index contributed by atoms with van der Waals surface area (Å²) < 4.78 is 0. The van der Waals surface area contributed by atoms with Gasteiger partial charge < -0.3 is 0 Å². The van der Waals surface area contributed by atoms with Crippen LogP contribution in [-0.4, -0.2) is 11.5 Å². The van der Waals surface area contributed by atoms with Crippen LogP contribution in [0.1, 0.15) is 38.5 Å². The Kier molecular flexibility index (Phi) is 1.80. The van der Waals surface area contributed by atoms with E-state index in [1.165, 1.54) is 50.0 Å². The highest BCUT2D eigenvalue weighted by Gasteiger charge is 2.55. The minimum absolute atomic E-state index is 0.741. The van der Waals surface area contributed by atoms with Crippen LogP contribution >= 0.6 is 11.8 Å². The van der Waals surface area contributed by atoms with Crippen molar-refractivity contribution in [2.75, 3.05) is 11.5 Å². The first kappa shape index (κ1) is 8.40. The van der Waals surface area contributed by atoms with E-state index in [0.29, 0.717) is 0 Å². The standard InChI is InChI=1S/C12H18S/c1-2-6-12-8-4-3-7-11(12,5-1)9-13-10-12/h1-2H,3-10H2/t11-,12-/m1/s1. The summed E-state index contributed by atoms with van der Waals surface area (Å²) in [7, 11) is 0. The van der Waals surface area contributed by atoms with Crippen LogP contribution in [0.5, 0.6) is 0 Å². The zero-order valence-corrected chi connectivity index (χ0v) is 9.04. The fraction of sp³-hybridized carbons (Fsp3) is 0.833. The predicted octanol–water partition coefficient (Wildman–Crippen LogP) is 3.63. The Morgan fingerprint density at radius 2 is 1.38 bits per heavy atom. The molecule has 2 atom stereocenters. The zero-order valence-electron chi connectivity index (χ0n) is 8.22. The van der Waals surface area contributed by atoms with Crippen LogP contribution in [0.15, 0.2) is 12.2 Å². The molecular weight excluding hydrogens is 176 g/mol. The molecule has 13 heavy (non-hydrogen) atoms. The van der Waals surface area contributed by atoms with Gasteiger partial charge in [0.1, 0.15) is 0 Å². The Balaban J connectivity index is 2.02. The van der Waals surface area contributed by atoms with Crippen molar-refractivity contribution >= 4 is 11.8 Å². The molecule has 1 saturated carbocycles. The van der Waals surface area contributed by atoms with Gasteiger partial charge in [0, 0.05) is 0 Å². The van der Waals surface area contributed by atoms with Gasteiger partial charge in [0.15, 0.2) is 0 Å². The summed E-state index contributed by atoms with van der Waals surface area (Å²) in [6.07, 6.45) is 13.7. The second-order valence-electron chi connectivity index (χ2n) is 5.14. The number of rotatable bonds is 0. The van der Waals surface area contributed by atoms with Crippen molar-refractivity contribution in [3.05, 3.63) is 12.2 Å². The Morgan fingerprint density at radius 1 is 0.846 bits per heavy atom. The van der Waals surface area contributed by atoms with Gasteiger partial charge in [0.05, 0.1) is 0 Å². The van der Waals surface area contributed by atoms with E-state index in [1.54, 1.807) is 0 Å². The summed E-state index contributed by atoms with van der Waals surface area (Å²) in [4.78, 5) is 0. The third kappa shape index (κ3) is 1.000. The summed E-state index contributed by atoms with van der Waals surface area (Å²) in [6.45, 7) is 0. The fourth-order valence-corrected chi connectivity index (χ4v) is 5.74. The van der Waals surface area contributed by atoms with Crippen molar-refractivity contribution in [2.45, 2.75) is 38.5 Å². The molecule has 3 aliphatic rings. The molecule has 0 aromatic carbocycles. The topological polar surface area (TPSA) is 0 Å². The summed E-state index contributed by atoms with van der Waals surface area (Å²) >= 11 is 2.23. The smallest absolute Gasteiger partial charge is 0.000189 e. The molecule has 0 unspecified atom stereocenters. The lowest BCUT2D eigenvalue weighted by atomic mass is 9.53. The molecule has 0 bridgehead atoms. The van der Waals surface area contributed by atoms with E-state index >= 15 is 0 Å². The second kappa shape index (κ2) is 2.79. The van der Waals surface area contributed by atoms with Crippen LogP contribution in [0.25, 0.3) is 0 Å². The van der Waals surface area contributed by atoms with Gasteiger partial charge in [0.2, 0.25) is 0 Å². The first-order valence-corrected chi connectivity index (χ1v) is 6.75. The summed E-state index contributed by atoms with van der Waals surface area (Å²) in [5, 5.41) is 0. The summed E-state index contributed by atoms with van der Waals surface area (Å²) in [5.74, 6) is 2.91. The fourth-order valence-electron chi connectivity index (χ4n) is 3.72. The van der Waals surface area contributed by atoms with E-state index in [0.717, 1.165) is 10.8 Å². The molecule has 0 N–H and O–H groups in total. The highest BCUT2D eigenvalue weighted by atomic mass is 32.2. The van der Waals surface area contributed by atoms with Gasteiger partial charge in [0.25, 0.3) is 0 Å². The van der Waals surface area contributed by atoms with Crippen LogP contribution in [0.4, 0.5) is 0 Å². The van der Waals surface area contributed by atoms with Crippen molar-refractivity contribution < 1.29 is 0 Å². The highest BCUT2D eigenvalue weighted by Crippen LogP contribution is 2.63. The lowest BCUT2D eigenvalue weighted by Crippen LogP contribution is -2.44. The normalized spacial score (nSPS) is 48.6. The van der Waals surface area contributed by atoms with E-state index in [2.05, 4.69) is 23.9 Å². The van der Waals surface area contributed by atoms with Crippen molar-refractivity contribution in [2.24, 2.45) is 10.8 Å². The first-order chi connectivity index (χ1) is 6.37. The largest absolute Gasteiger partial charge is 0.161 e. The summed E-state index contributed by atoms with van der Waals surface area (Å²) in [5.41, 5.74) is 1.48. The zero-order chi connectivity index (χ0) is 8.78. The van der Waals surface area contributed by atoms with Crippen molar-refractivity contribution in [3.63, 3.8) is 0 Å². The quantitative estimate of drug-likeness (QED) is 0.531. The Hall–Kier alpha value is 0.0900. The molecule has 0 spiro atoms. The van der Waals surface area contributed by atoms with Gasteiger partial charge in [-0.1, -0.05) is 25.0 Å². The molecule has 3 rings (SSSR count). The monoisotopic (exact) mass is 194 g/mol. The number of allylic oxidation sites excluding steroid dienone is 2. The first-order valence-electron chi connectivity index (χ1n) is 5.60. The molecule has 1 aliphatic heterocycles. The molecule has 0 aromatic rings. The Labute approximate surface area is 85.2 Å². The third-order valence-corrected chi connectivity index (χ3v) is 6.14. The molecule has 2 fully saturated rings. The highest BCUT2D eigenvalue weighted by molar-refractivity contribution is 7.99. The SMILES string of the molecule is C1=CC[C@]23CCCC[C@]2(C1)CSC3. The van der Waals surface area contributed by atoms with Crippen molar-refractivity contribution in [1.82, 2.24) is 0 Å². The average Bonchev–Trinajstić information content (AvgIpc) is 2.56. The molecule has 72 valence electrons. The van der Waals surface area contributed by atoms with Gasteiger partial charge in [-0.25, -0.2) is 0 Å². The predicted molar refractivity (Wildman–Crippen MR) is 59.0 cm³/mol. The van der Waals surface area contributed by atoms with Gasteiger partial charge in [-0.05, 0) is 48.0 Å². The maximum atomic E-state index is 2.45. The molecule has 0 nitrogen and oxygen atoms in total. The number of thioether (sulfide) groups is 1. The molecular formula is C12H18S. The van der Waals surface area contributed by atoms with Gasteiger partial charge in [-0.15, -0.1) is 0 Å². The van der Waals surface area contributed by atoms with Gasteiger partial charge in [-0.3, -0.25) is 0 Å². The van der Waals surface area contributed by atoms with E-state index < -0.39 is 0 Å². The maximum absolute atomic E-state index is 2.45. The second-order valence-corrected chi connectivity index (χ2v) is 6.13. The lowest BCUT2D eigenvalue weighted by Gasteiger charge is -2.50. The van der Waals surface area contributed by atoms with Crippen LogP contribution in [0, 0.1) is 10.8 Å². The van der Waals surface area contributed by atoms with Crippen molar-refractivity contribution in [1.29, 1.82) is 0 Å². The molecule has 1 heteroatoms. The van der Waals surface area contributed by atoms with Crippen LogP contribution < -0.4 is 0 Å². The summed E-state index contributed by atoms with van der Waals surface area (Å²) in [6, 6.07) is 0. The lowest BCUT2D eigenvalue weighted by molar-refractivity contribution is 0.0342. The molecule has 1 heterocycles. The van der Waals surface area contributed by atoms with Crippen LogP contribution in [-0.2, 0) is 0 Å².